The first-order chi connectivity index (χ1) is 7.99. The predicted octanol–water partition coefficient (Wildman–Crippen LogP) is 0.296. The third kappa shape index (κ3) is 2.03. The predicted molar refractivity (Wildman–Crippen MR) is 62.9 cm³/mol. The molecular formula is C10H14N6O. The Bertz CT molecular complexity index is 597. The van der Waals surface area contributed by atoms with Crippen LogP contribution in [0.3, 0.4) is 0 Å². The van der Waals surface area contributed by atoms with Crippen LogP contribution < -0.4 is 11.4 Å². The van der Waals surface area contributed by atoms with Crippen LogP contribution in [0, 0.1) is 6.92 Å². The molecule has 0 unspecified atom stereocenters. The maximum atomic E-state index is 11.6. The van der Waals surface area contributed by atoms with Gasteiger partial charge in [-0.1, -0.05) is 5.21 Å². The fourth-order valence-corrected chi connectivity index (χ4v) is 1.48. The minimum Gasteiger partial charge on any atom is -0.382 e. The minimum absolute atomic E-state index is 0.0129. The fourth-order valence-electron chi connectivity index (χ4n) is 1.48. The molecule has 90 valence electrons. The van der Waals surface area contributed by atoms with Crippen molar-refractivity contribution in [3.05, 3.63) is 28.6 Å². The molecule has 0 fully saturated rings. The number of hydrogen-bond donors (Lipinski definition) is 1. The number of aromatic nitrogens is 5. The van der Waals surface area contributed by atoms with Crippen molar-refractivity contribution in [2.24, 2.45) is 0 Å². The van der Waals surface area contributed by atoms with Crippen LogP contribution in [0.5, 0.6) is 0 Å². The van der Waals surface area contributed by atoms with Crippen LogP contribution in [-0.4, -0.2) is 24.5 Å². The first kappa shape index (κ1) is 11.3. The van der Waals surface area contributed by atoms with Gasteiger partial charge in [0.2, 0.25) is 0 Å². The van der Waals surface area contributed by atoms with Crippen molar-refractivity contribution in [2.45, 2.75) is 26.8 Å². The molecule has 0 bridgehead atoms. The van der Waals surface area contributed by atoms with Gasteiger partial charge < -0.3 is 5.73 Å². The molecule has 17 heavy (non-hydrogen) atoms. The highest BCUT2D eigenvalue weighted by Crippen LogP contribution is 2.13. The summed E-state index contributed by atoms with van der Waals surface area (Å²) in [5.74, 6) is 0.150. The molecule has 0 aliphatic heterocycles. The van der Waals surface area contributed by atoms with Crippen LogP contribution in [0.4, 0.5) is 5.82 Å². The molecule has 0 amide bonds. The SMILES string of the molecule is Cc1cn(-c2cn(C(C)C)c(=O)nc2N)nn1. The number of nitrogens with zero attached hydrogens (tertiary/aromatic N) is 5. The van der Waals surface area contributed by atoms with Crippen LogP contribution in [0.15, 0.2) is 17.2 Å². The zero-order chi connectivity index (χ0) is 12.6. The lowest BCUT2D eigenvalue weighted by Crippen LogP contribution is -2.26. The third-order valence-electron chi connectivity index (χ3n) is 2.37. The molecule has 0 atom stereocenters. The molecule has 0 aromatic carbocycles. The quantitative estimate of drug-likeness (QED) is 0.806. The number of aryl methyl sites for hydroxylation is 1. The Kier molecular flexibility index (Phi) is 2.66. The van der Waals surface area contributed by atoms with E-state index in [4.69, 9.17) is 5.73 Å². The molecule has 0 aliphatic carbocycles. The summed E-state index contributed by atoms with van der Waals surface area (Å²) in [6, 6.07) is 0.0129. The molecule has 7 nitrogen and oxygen atoms in total. The zero-order valence-electron chi connectivity index (χ0n) is 9.95. The second-order valence-electron chi connectivity index (χ2n) is 4.10. The van der Waals surface area contributed by atoms with Crippen molar-refractivity contribution < 1.29 is 0 Å². The summed E-state index contributed by atoms with van der Waals surface area (Å²) in [6.07, 6.45) is 3.37. The summed E-state index contributed by atoms with van der Waals surface area (Å²) in [7, 11) is 0. The van der Waals surface area contributed by atoms with Gasteiger partial charge in [0.25, 0.3) is 0 Å². The van der Waals surface area contributed by atoms with E-state index in [0.717, 1.165) is 5.69 Å². The Morgan fingerprint density at radius 3 is 2.59 bits per heavy atom. The van der Waals surface area contributed by atoms with Crippen molar-refractivity contribution in [3.8, 4) is 5.69 Å². The van der Waals surface area contributed by atoms with E-state index in [1.165, 1.54) is 9.25 Å². The number of hydrogen-bond acceptors (Lipinski definition) is 5. The summed E-state index contributed by atoms with van der Waals surface area (Å²) in [6.45, 7) is 5.62. The van der Waals surface area contributed by atoms with Crippen LogP contribution in [-0.2, 0) is 0 Å². The summed E-state index contributed by atoms with van der Waals surface area (Å²) < 4.78 is 3.01. The lowest BCUT2D eigenvalue weighted by Gasteiger charge is -2.11. The van der Waals surface area contributed by atoms with Crippen molar-refractivity contribution >= 4 is 5.82 Å². The van der Waals surface area contributed by atoms with E-state index in [-0.39, 0.29) is 17.5 Å². The molecule has 0 radical (unpaired) electrons. The van der Waals surface area contributed by atoms with Crippen molar-refractivity contribution in [1.29, 1.82) is 0 Å². The Labute approximate surface area is 97.9 Å². The highest BCUT2D eigenvalue weighted by molar-refractivity contribution is 5.49. The normalized spacial score (nSPS) is 11.1. The molecular weight excluding hydrogens is 220 g/mol. The van der Waals surface area contributed by atoms with E-state index in [9.17, 15) is 4.79 Å². The van der Waals surface area contributed by atoms with Crippen LogP contribution in [0.25, 0.3) is 5.69 Å². The average Bonchev–Trinajstić information content (AvgIpc) is 2.64. The van der Waals surface area contributed by atoms with Gasteiger partial charge in [-0.3, -0.25) is 4.57 Å². The maximum absolute atomic E-state index is 11.6. The molecule has 0 aliphatic rings. The van der Waals surface area contributed by atoms with Crippen molar-refractivity contribution in [1.82, 2.24) is 24.5 Å². The molecule has 0 spiro atoms. The Morgan fingerprint density at radius 2 is 2.06 bits per heavy atom. The second kappa shape index (κ2) is 4.00. The van der Waals surface area contributed by atoms with Crippen LogP contribution >= 0.6 is 0 Å². The Hall–Kier alpha value is -2.18. The van der Waals surface area contributed by atoms with E-state index in [2.05, 4.69) is 15.3 Å². The fraction of sp³-hybridized carbons (Fsp3) is 0.400. The number of rotatable bonds is 2. The summed E-state index contributed by atoms with van der Waals surface area (Å²) in [5, 5.41) is 7.78. The maximum Gasteiger partial charge on any atom is 0.349 e. The summed E-state index contributed by atoms with van der Waals surface area (Å²) in [5.41, 5.74) is 6.68. The van der Waals surface area contributed by atoms with E-state index >= 15 is 0 Å². The topological polar surface area (TPSA) is 91.6 Å². The van der Waals surface area contributed by atoms with Gasteiger partial charge in [-0.05, 0) is 20.8 Å². The van der Waals surface area contributed by atoms with Gasteiger partial charge in [0, 0.05) is 12.2 Å². The highest BCUT2D eigenvalue weighted by Gasteiger charge is 2.10. The van der Waals surface area contributed by atoms with E-state index < -0.39 is 0 Å². The van der Waals surface area contributed by atoms with Crippen molar-refractivity contribution in [2.75, 3.05) is 5.73 Å². The van der Waals surface area contributed by atoms with Gasteiger partial charge in [-0.25, -0.2) is 9.48 Å². The van der Waals surface area contributed by atoms with Gasteiger partial charge in [0.05, 0.1) is 11.9 Å². The van der Waals surface area contributed by atoms with Gasteiger partial charge in [-0.2, -0.15) is 4.98 Å². The molecule has 7 heteroatoms. The third-order valence-corrected chi connectivity index (χ3v) is 2.37. The lowest BCUT2D eigenvalue weighted by atomic mass is 10.3. The number of nitrogens with two attached hydrogens (primary N) is 1. The van der Waals surface area contributed by atoms with E-state index in [1.54, 1.807) is 12.4 Å². The molecule has 2 aromatic rings. The first-order valence-corrected chi connectivity index (χ1v) is 5.27. The zero-order valence-corrected chi connectivity index (χ0v) is 9.95. The van der Waals surface area contributed by atoms with Crippen LogP contribution in [0.1, 0.15) is 25.6 Å². The molecule has 2 aromatic heterocycles. The molecule has 0 saturated carbocycles. The van der Waals surface area contributed by atoms with Crippen LogP contribution in [0.2, 0.25) is 0 Å². The largest absolute Gasteiger partial charge is 0.382 e. The summed E-state index contributed by atoms with van der Waals surface area (Å²) in [4.78, 5) is 15.4. The minimum atomic E-state index is -0.363. The number of nitrogen functional groups attached to an aromatic ring is 1. The summed E-state index contributed by atoms with van der Waals surface area (Å²) >= 11 is 0. The molecule has 2 rings (SSSR count). The monoisotopic (exact) mass is 234 g/mol. The van der Waals surface area contributed by atoms with Gasteiger partial charge in [-0.15, -0.1) is 5.10 Å². The van der Waals surface area contributed by atoms with Gasteiger partial charge in [0.1, 0.15) is 5.69 Å². The average molecular weight is 234 g/mol. The van der Waals surface area contributed by atoms with Gasteiger partial charge >= 0.3 is 5.69 Å². The van der Waals surface area contributed by atoms with Gasteiger partial charge in [0.15, 0.2) is 5.82 Å². The Morgan fingerprint density at radius 1 is 1.35 bits per heavy atom. The lowest BCUT2D eigenvalue weighted by molar-refractivity contribution is 0.560. The van der Waals surface area contributed by atoms with E-state index in [0.29, 0.717) is 5.69 Å². The first-order valence-electron chi connectivity index (χ1n) is 5.27. The van der Waals surface area contributed by atoms with Crippen molar-refractivity contribution in [3.63, 3.8) is 0 Å². The number of anilines is 1. The highest BCUT2D eigenvalue weighted by atomic mass is 16.1. The second-order valence-corrected chi connectivity index (χ2v) is 4.10. The molecule has 0 saturated heterocycles. The van der Waals surface area contributed by atoms with E-state index in [1.807, 2.05) is 20.8 Å². The Balaban J connectivity index is 2.62. The molecule has 2 N–H and O–H groups in total. The smallest absolute Gasteiger partial charge is 0.349 e. The molecule has 2 heterocycles. The standard InChI is InChI=1S/C10H14N6O/c1-6(2)15-5-8(9(11)12-10(15)17)16-4-7(3)13-14-16/h4-6H,1-3H3,(H2,11,12,17).